The lowest BCUT2D eigenvalue weighted by molar-refractivity contribution is -0.136. The molecule has 4 rings (SSSR count). The normalized spacial score (nSPS) is 19.7. The third-order valence-corrected chi connectivity index (χ3v) is 3.92. The summed E-state index contributed by atoms with van der Waals surface area (Å²) in [5, 5.41) is 16.1. The summed E-state index contributed by atoms with van der Waals surface area (Å²) in [6, 6.07) is 12.0. The van der Waals surface area contributed by atoms with E-state index in [1.165, 1.54) is 0 Å². The van der Waals surface area contributed by atoms with Crippen LogP contribution in [0.15, 0.2) is 42.7 Å². The average Bonchev–Trinajstić information content (AvgIpc) is 3.19. The molecule has 124 valence electrons. The van der Waals surface area contributed by atoms with Gasteiger partial charge in [0.1, 0.15) is 12.4 Å². The molecule has 24 heavy (non-hydrogen) atoms. The standard InChI is InChI=1S/C17H19N5O2/c1-17(2)23-10-13(24-17)9-18-15-8-14(12-6-4-3-5-7-12)21-22-11-19-20-16(15)22/h3-8,11,13,18H,9-10H2,1-2H3. The van der Waals surface area contributed by atoms with E-state index in [1.807, 2.05) is 50.2 Å². The van der Waals surface area contributed by atoms with Crippen molar-refractivity contribution in [1.82, 2.24) is 19.8 Å². The van der Waals surface area contributed by atoms with E-state index in [0.29, 0.717) is 18.8 Å². The number of hydrogen-bond acceptors (Lipinski definition) is 6. The summed E-state index contributed by atoms with van der Waals surface area (Å²) in [5.74, 6) is -0.524. The van der Waals surface area contributed by atoms with Gasteiger partial charge >= 0.3 is 0 Å². The molecule has 1 unspecified atom stereocenters. The Morgan fingerprint density at radius 3 is 2.88 bits per heavy atom. The summed E-state index contributed by atoms with van der Waals surface area (Å²) in [5.41, 5.74) is 3.45. The quantitative estimate of drug-likeness (QED) is 0.794. The van der Waals surface area contributed by atoms with Gasteiger partial charge in [-0.25, -0.2) is 0 Å². The van der Waals surface area contributed by atoms with Crippen LogP contribution in [0.3, 0.4) is 0 Å². The number of rotatable bonds is 4. The molecule has 0 bridgehead atoms. The van der Waals surface area contributed by atoms with Crippen molar-refractivity contribution >= 4 is 11.3 Å². The van der Waals surface area contributed by atoms with Crippen LogP contribution in [0, 0.1) is 0 Å². The van der Waals surface area contributed by atoms with Gasteiger partial charge in [0.2, 0.25) is 5.65 Å². The number of aromatic nitrogens is 4. The first kappa shape index (κ1) is 15.0. The van der Waals surface area contributed by atoms with Gasteiger partial charge in [0.05, 0.1) is 18.0 Å². The summed E-state index contributed by atoms with van der Waals surface area (Å²) in [6.45, 7) is 5.04. The van der Waals surface area contributed by atoms with E-state index in [1.54, 1.807) is 10.8 Å². The first-order chi connectivity index (χ1) is 11.6. The Balaban J connectivity index is 1.61. The minimum atomic E-state index is -0.524. The first-order valence-electron chi connectivity index (χ1n) is 7.93. The smallest absolute Gasteiger partial charge is 0.200 e. The molecule has 0 saturated carbocycles. The van der Waals surface area contributed by atoms with Gasteiger partial charge in [-0.3, -0.25) is 0 Å². The monoisotopic (exact) mass is 325 g/mol. The van der Waals surface area contributed by atoms with E-state index in [9.17, 15) is 0 Å². The molecule has 3 heterocycles. The predicted molar refractivity (Wildman–Crippen MR) is 89.6 cm³/mol. The number of benzene rings is 1. The van der Waals surface area contributed by atoms with Crippen LogP contribution in [0.4, 0.5) is 5.69 Å². The molecule has 1 atom stereocenters. The minimum Gasteiger partial charge on any atom is -0.379 e. The Hall–Kier alpha value is -2.51. The average molecular weight is 325 g/mol. The molecule has 0 aliphatic carbocycles. The van der Waals surface area contributed by atoms with Gasteiger partial charge < -0.3 is 14.8 Å². The van der Waals surface area contributed by atoms with Crippen LogP contribution < -0.4 is 5.32 Å². The van der Waals surface area contributed by atoms with Crippen LogP contribution in [-0.4, -0.2) is 44.9 Å². The lowest BCUT2D eigenvalue weighted by Gasteiger charge is -2.17. The maximum Gasteiger partial charge on any atom is 0.200 e. The third-order valence-electron chi connectivity index (χ3n) is 3.92. The molecular weight excluding hydrogens is 306 g/mol. The van der Waals surface area contributed by atoms with E-state index in [-0.39, 0.29) is 6.10 Å². The van der Waals surface area contributed by atoms with E-state index in [0.717, 1.165) is 16.9 Å². The van der Waals surface area contributed by atoms with Crippen LogP contribution in [0.1, 0.15) is 13.8 Å². The summed E-state index contributed by atoms with van der Waals surface area (Å²) < 4.78 is 13.1. The molecule has 0 spiro atoms. The molecule has 0 radical (unpaired) electrons. The Labute approximate surface area is 139 Å². The van der Waals surface area contributed by atoms with Crippen LogP contribution in [0.25, 0.3) is 16.9 Å². The summed E-state index contributed by atoms with van der Waals surface area (Å²) in [7, 11) is 0. The molecule has 7 nitrogen and oxygen atoms in total. The fourth-order valence-corrected chi connectivity index (χ4v) is 2.79. The van der Waals surface area contributed by atoms with Crippen LogP contribution in [0.2, 0.25) is 0 Å². The molecule has 1 N–H and O–H groups in total. The van der Waals surface area contributed by atoms with Crippen LogP contribution in [-0.2, 0) is 9.47 Å². The molecule has 1 saturated heterocycles. The zero-order chi connectivity index (χ0) is 16.6. The maximum atomic E-state index is 5.84. The Morgan fingerprint density at radius 1 is 1.29 bits per heavy atom. The highest BCUT2D eigenvalue weighted by atomic mass is 16.7. The van der Waals surface area contributed by atoms with Gasteiger partial charge in [-0.15, -0.1) is 10.2 Å². The van der Waals surface area contributed by atoms with Crippen molar-refractivity contribution in [2.45, 2.75) is 25.7 Å². The van der Waals surface area contributed by atoms with Gasteiger partial charge in [-0.1, -0.05) is 30.3 Å². The zero-order valence-corrected chi connectivity index (χ0v) is 13.6. The Bertz CT molecular complexity index is 847. The summed E-state index contributed by atoms with van der Waals surface area (Å²) >= 11 is 0. The van der Waals surface area contributed by atoms with Crippen LogP contribution >= 0.6 is 0 Å². The zero-order valence-electron chi connectivity index (χ0n) is 13.6. The van der Waals surface area contributed by atoms with E-state index in [2.05, 4.69) is 20.6 Å². The molecule has 3 aromatic rings. The highest BCUT2D eigenvalue weighted by Crippen LogP contribution is 2.25. The van der Waals surface area contributed by atoms with E-state index < -0.39 is 5.79 Å². The summed E-state index contributed by atoms with van der Waals surface area (Å²) in [6.07, 6.45) is 1.60. The van der Waals surface area contributed by atoms with Crippen molar-refractivity contribution in [2.75, 3.05) is 18.5 Å². The number of anilines is 1. The minimum absolute atomic E-state index is 0.00341. The number of nitrogens with one attached hydrogen (secondary N) is 1. The molecule has 1 aromatic carbocycles. The second kappa shape index (κ2) is 5.85. The topological polar surface area (TPSA) is 73.6 Å². The highest BCUT2D eigenvalue weighted by Gasteiger charge is 2.32. The van der Waals surface area contributed by atoms with Crippen LogP contribution in [0.5, 0.6) is 0 Å². The van der Waals surface area contributed by atoms with E-state index in [4.69, 9.17) is 9.47 Å². The van der Waals surface area contributed by atoms with Gasteiger partial charge in [0.15, 0.2) is 5.79 Å². The second-order valence-corrected chi connectivity index (χ2v) is 6.24. The number of nitrogens with zero attached hydrogens (tertiary/aromatic N) is 4. The van der Waals surface area contributed by atoms with Crippen molar-refractivity contribution in [2.24, 2.45) is 0 Å². The molecular formula is C17H19N5O2. The lowest BCUT2D eigenvalue weighted by Crippen LogP contribution is -2.26. The molecule has 7 heteroatoms. The first-order valence-corrected chi connectivity index (χ1v) is 7.93. The molecule has 1 aliphatic rings. The van der Waals surface area contributed by atoms with Crippen molar-refractivity contribution < 1.29 is 9.47 Å². The van der Waals surface area contributed by atoms with Crippen molar-refractivity contribution in [3.05, 3.63) is 42.7 Å². The number of fused-ring (bicyclic) bond motifs is 1. The summed E-state index contributed by atoms with van der Waals surface area (Å²) in [4.78, 5) is 0. The van der Waals surface area contributed by atoms with Crippen molar-refractivity contribution in [3.8, 4) is 11.3 Å². The lowest BCUT2D eigenvalue weighted by atomic mass is 10.1. The number of ether oxygens (including phenoxy) is 2. The predicted octanol–water partition coefficient (Wildman–Crippen LogP) is 2.35. The molecule has 0 amide bonds. The molecule has 1 fully saturated rings. The van der Waals surface area contributed by atoms with E-state index >= 15 is 0 Å². The third kappa shape index (κ3) is 2.95. The van der Waals surface area contributed by atoms with Gasteiger partial charge in [-0.05, 0) is 19.9 Å². The Kier molecular flexibility index (Phi) is 3.66. The fourth-order valence-electron chi connectivity index (χ4n) is 2.79. The molecule has 1 aliphatic heterocycles. The van der Waals surface area contributed by atoms with Gasteiger partial charge in [-0.2, -0.15) is 9.61 Å². The second-order valence-electron chi connectivity index (χ2n) is 6.24. The Morgan fingerprint density at radius 2 is 2.12 bits per heavy atom. The van der Waals surface area contributed by atoms with Crippen molar-refractivity contribution in [3.63, 3.8) is 0 Å². The highest BCUT2D eigenvalue weighted by molar-refractivity contribution is 5.73. The number of hydrogen-bond donors (Lipinski definition) is 1. The fraction of sp³-hybridized carbons (Fsp3) is 0.353. The van der Waals surface area contributed by atoms with Gasteiger partial charge in [0, 0.05) is 12.1 Å². The van der Waals surface area contributed by atoms with Gasteiger partial charge in [0.25, 0.3) is 0 Å². The molecule has 2 aromatic heterocycles. The SMILES string of the molecule is CC1(C)OCC(CNc2cc(-c3ccccc3)nn3cnnc23)O1. The maximum absolute atomic E-state index is 5.84. The largest absolute Gasteiger partial charge is 0.379 e. The van der Waals surface area contributed by atoms with Crippen molar-refractivity contribution in [1.29, 1.82) is 0 Å².